The molecule has 0 aliphatic heterocycles. The van der Waals surface area contributed by atoms with Crippen LogP contribution >= 0.6 is 0 Å². The zero-order valence-electron chi connectivity index (χ0n) is 13.3. The van der Waals surface area contributed by atoms with Crippen molar-refractivity contribution in [3.63, 3.8) is 0 Å². The van der Waals surface area contributed by atoms with Crippen LogP contribution in [0.5, 0.6) is 0 Å². The molecule has 1 aromatic carbocycles. The maximum atomic E-state index is 12.3. The molecule has 2 rings (SSSR count). The average Bonchev–Trinajstić information content (AvgIpc) is 2.97. The first-order chi connectivity index (χ1) is 10.3. The molecule has 1 aliphatic rings. The number of carbonyl (C=O) groups excluding carboxylic acids is 1. The van der Waals surface area contributed by atoms with E-state index in [0.29, 0.717) is 17.2 Å². The Morgan fingerprint density at radius 1 is 1.32 bits per heavy atom. The minimum absolute atomic E-state index is 0.0773. The van der Waals surface area contributed by atoms with Crippen molar-refractivity contribution in [3.8, 4) is 0 Å². The number of allylic oxidation sites excluding steroid dienone is 2. The van der Waals surface area contributed by atoms with Crippen molar-refractivity contribution < 1.29 is 13.2 Å². The van der Waals surface area contributed by atoms with E-state index in [1.165, 1.54) is 6.26 Å². The Bertz CT molecular complexity index is 662. The number of sulfone groups is 1. The highest BCUT2D eigenvalue weighted by atomic mass is 32.2. The van der Waals surface area contributed by atoms with Crippen LogP contribution in [0, 0.1) is 5.92 Å². The van der Waals surface area contributed by atoms with E-state index < -0.39 is 9.84 Å². The number of nitrogens with zero attached hydrogens (tertiary/aromatic N) is 1. The second kappa shape index (κ2) is 6.65. The minimum Gasteiger partial charge on any atom is -0.339 e. The van der Waals surface area contributed by atoms with Crippen molar-refractivity contribution in [1.29, 1.82) is 0 Å². The lowest BCUT2D eigenvalue weighted by atomic mass is 10.0. The highest BCUT2D eigenvalue weighted by molar-refractivity contribution is 7.90. The third-order valence-electron chi connectivity index (χ3n) is 4.31. The van der Waals surface area contributed by atoms with Crippen LogP contribution in [0.15, 0.2) is 41.3 Å². The van der Waals surface area contributed by atoms with Gasteiger partial charge < -0.3 is 4.90 Å². The predicted molar refractivity (Wildman–Crippen MR) is 87.2 cm³/mol. The average molecular weight is 321 g/mol. The first-order valence-electron chi connectivity index (χ1n) is 7.51. The molecule has 0 saturated heterocycles. The van der Waals surface area contributed by atoms with Gasteiger partial charge in [-0.15, -0.1) is 0 Å². The van der Waals surface area contributed by atoms with E-state index in [1.807, 2.05) is 6.92 Å². The first kappa shape index (κ1) is 16.7. The highest BCUT2D eigenvalue weighted by Crippen LogP contribution is 2.25. The van der Waals surface area contributed by atoms with Gasteiger partial charge in [-0.05, 0) is 43.4 Å². The molecule has 0 fully saturated rings. The third kappa shape index (κ3) is 3.97. The number of hydrogen-bond acceptors (Lipinski definition) is 3. The van der Waals surface area contributed by atoms with Crippen molar-refractivity contribution >= 4 is 15.7 Å². The fourth-order valence-electron chi connectivity index (χ4n) is 2.67. The van der Waals surface area contributed by atoms with Crippen molar-refractivity contribution in [2.75, 3.05) is 13.3 Å². The van der Waals surface area contributed by atoms with E-state index in [1.54, 1.807) is 36.2 Å². The Hall–Kier alpha value is -1.62. The van der Waals surface area contributed by atoms with Crippen LogP contribution in [0.4, 0.5) is 0 Å². The van der Waals surface area contributed by atoms with Crippen LogP contribution in [0.3, 0.4) is 0 Å². The molecule has 4 nitrogen and oxygen atoms in total. The van der Waals surface area contributed by atoms with Gasteiger partial charge in [0, 0.05) is 19.7 Å². The molecule has 0 bridgehead atoms. The summed E-state index contributed by atoms with van der Waals surface area (Å²) in [6.07, 6.45) is 8.10. The van der Waals surface area contributed by atoms with E-state index in [9.17, 15) is 13.2 Å². The maximum Gasteiger partial charge on any atom is 0.223 e. The van der Waals surface area contributed by atoms with Gasteiger partial charge in [0.2, 0.25) is 5.91 Å². The van der Waals surface area contributed by atoms with Crippen LogP contribution in [-0.2, 0) is 14.6 Å². The monoisotopic (exact) mass is 321 g/mol. The molecule has 0 aromatic heterocycles. The lowest BCUT2D eigenvalue weighted by Gasteiger charge is -2.26. The molecule has 5 heteroatoms. The molecule has 0 heterocycles. The summed E-state index contributed by atoms with van der Waals surface area (Å²) in [5.41, 5.74) is 0.935. The summed E-state index contributed by atoms with van der Waals surface area (Å²) < 4.78 is 23.0. The van der Waals surface area contributed by atoms with Crippen LogP contribution in [-0.4, -0.2) is 32.5 Å². The second-order valence-corrected chi connectivity index (χ2v) is 8.01. The van der Waals surface area contributed by atoms with Crippen molar-refractivity contribution in [1.82, 2.24) is 4.90 Å². The van der Waals surface area contributed by atoms with E-state index >= 15 is 0 Å². The smallest absolute Gasteiger partial charge is 0.223 e. The topological polar surface area (TPSA) is 54.5 Å². The van der Waals surface area contributed by atoms with Crippen LogP contribution < -0.4 is 0 Å². The Morgan fingerprint density at radius 3 is 2.45 bits per heavy atom. The summed E-state index contributed by atoms with van der Waals surface area (Å²) in [7, 11) is -1.38. The quantitative estimate of drug-likeness (QED) is 0.784. The van der Waals surface area contributed by atoms with Gasteiger partial charge in [0.1, 0.15) is 0 Å². The molecule has 2 unspecified atom stereocenters. The van der Waals surface area contributed by atoms with Crippen LogP contribution in [0.25, 0.3) is 0 Å². The molecule has 2 atom stereocenters. The number of rotatable bonds is 5. The Labute approximate surface area is 132 Å². The van der Waals surface area contributed by atoms with Crippen molar-refractivity contribution in [2.45, 2.75) is 37.1 Å². The minimum atomic E-state index is -3.19. The fourth-order valence-corrected chi connectivity index (χ4v) is 3.30. The van der Waals surface area contributed by atoms with E-state index in [0.717, 1.165) is 18.4 Å². The maximum absolute atomic E-state index is 12.3. The molecular formula is C17H23NO3S. The standard InChI is InChI=1S/C17H23NO3S/c1-13(15-8-10-16(11-9-15)22(3,20)21)18(2)17(19)12-14-6-4-5-7-14/h4,6,8-11,13-14H,5,7,12H2,1-3H3. The molecule has 0 spiro atoms. The molecule has 0 radical (unpaired) electrons. The van der Waals surface area contributed by atoms with Gasteiger partial charge in [0.15, 0.2) is 9.84 Å². The lowest BCUT2D eigenvalue weighted by Crippen LogP contribution is -2.30. The number of benzene rings is 1. The number of hydrogen-bond donors (Lipinski definition) is 0. The summed E-state index contributed by atoms with van der Waals surface area (Å²) in [6, 6.07) is 6.67. The zero-order valence-corrected chi connectivity index (χ0v) is 14.1. The van der Waals surface area contributed by atoms with E-state index in [-0.39, 0.29) is 11.9 Å². The van der Waals surface area contributed by atoms with Gasteiger partial charge >= 0.3 is 0 Å². The summed E-state index contributed by atoms with van der Waals surface area (Å²) in [6.45, 7) is 1.96. The molecule has 120 valence electrons. The van der Waals surface area contributed by atoms with Gasteiger partial charge in [-0.2, -0.15) is 0 Å². The Balaban J connectivity index is 2.04. The highest BCUT2D eigenvalue weighted by Gasteiger charge is 2.21. The Morgan fingerprint density at radius 2 is 1.95 bits per heavy atom. The number of amides is 1. The molecule has 1 amide bonds. The van der Waals surface area contributed by atoms with Gasteiger partial charge in [-0.3, -0.25) is 4.79 Å². The summed E-state index contributed by atoms with van der Waals surface area (Å²) in [5, 5.41) is 0. The molecule has 0 saturated carbocycles. The molecule has 1 aliphatic carbocycles. The van der Waals surface area contributed by atoms with Gasteiger partial charge in [-0.1, -0.05) is 24.3 Å². The Kier molecular flexibility index (Phi) is 5.06. The van der Waals surface area contributed by atoms with Gasteiger partial charge in [0.05, 0.1) is 10.9 Å². The SMILES string of the molecule is CC(c1ccc(S(C)(=O)=O)cc1)N(C)C(=O)CC1C=CCC1. The van der Waals surface area contributed by atoms with Gasteiger partial charge in [0.25, 0.3) is 0 Å². The predicted octanol–water partition coefficient (Wildman–Crippen LogP) is 2.97. The summed E-state index contributed by atoms with van der Waals surface area (Å²) in [4.78, 5) is 14.4. The largest absolute Gasteiger partial charge is 0.339 e. The molecule has 1 aromatic rings. The summed E-state index contributed by atoms with van der Waals surface area (Å²) in [5.74, 6) is 0.478. The molecular weight excluding hydrogens is 298 g/mol. The van der Waals surface area contributed by atoms with Crippen LogP contribution in [0.1, 0.15) is 37.8 Å². The normalized spacial score (nSPS) is 19.1. The number of carbonyl (C=O) groups is 1. The van der Waals surface area contributed by atoms with Crippen molar-refractivity contribution in [2.24, 2.45) is 5.92 Å². The second-order valence-electron chi connectivity index (χ2n) is 5.99. The van der Waals surface area contributed by atoms with Crippen molar-refractivity contribution in [3.05, 3.63) is 42.0 Å². The first-order valence-corrected chi connectivity index (χ1v) is 9.40. The lowest BCUT2D eigenvalue weighted by molar-refractivity contribution is -0.132. The third-order valence-corrected chi connectivity index (χ3v) is 5.44. The summed E-state index contributed by atoms with van der Waals surface area (Å²) >= 11 is 0. The van der Waals surface area contributed by atoms with Gasteiger partial charge in [-0.25, -0.2) is 8.42 Å². The molecule has 22 heavy (non-hydrogen) atoms. The van der Waals surface area contributed by atoms with Crippen LogP contribution in [0.2, 0.25) is 0 Å². The van der Waals surface area contributed by atoms with E-state index in [2.05, 4.69) is 12.2 Å². The van der Waals surface area contributed by atoms with E-state index in [4.69, 9.17) is 0 Å². The molecule has 0 N–H and O–H groups in total. The fraction of sp³-hybridized carbons (Fsp3) is 0.471. The zero-order chi connectivity index (χ0) is 16.3.